The molecular weight excluding hydrogens is 501 g/mol. The lowest BCUT2D eigenvalue weighted by Crippen LogP contribution is -2.15. The van der Waals surface area contributed by atoms with Crippen molar-refractivity contribution in [2.24, 2.45) is 0 Å². The predicted molar refractivity (Wildman–Crippen MR) is 124 cm³/mol. The SMILES string of the molecule is CCn1c(COc2cc(Cl)ccc2Cl)nnc1SCC(=O)Nc1cc([N+](=O)[O-])ccc1Cl. The smallest absolute Gasteiger partial charge is 0.271 e. The van der Waals surface area contributed by atoms with Crippen molar-refractivity contribution in [2.75, 3.05) is 11.1 Å². The van der Waals surface area contributed by atoms with Crippen molar-refractivity contribution in [3.63, 3.8) is 0 Å². The van der Waals surface area contributed by atoms with Crippen LogP contribution in [0.15, 0.2) is 41.6 Å². The molecule has 0 saturated heterocycles. The highest BCUT2D eigenvalue weighted by Gasteiger charge is 2.16. The number of non-ortho nitro benzene ring substituents is 1. The number of carbonyl (C=O) groups excluding carboxylic acids is 1. The summed E-state index contributed by atoms with van der Waals surface area (Å²) < 4.78 is 7.51. The first-order valence-electron chi connectivity index (χ1n) is 9.15. The van der Waals surface area contributed by atoms with Gasteiger partial charge in [-0.2, -0.15) is 0 Å². The molecule has 0 aliphatic rings. The zero-order valence-corrected chi connectivity index (χ0v) is 19.6. The number of halogens is 3. The molecule has 3 rings (SSSR count). The van der Waals surface area contributed by atoms with Crippen molar-refractivity contribution in [3.8, 4) is 5.75 Å². The van der Waals surface area contributed by atoms with E-state index >= 15 is 0 Å². The van der Waals surface area contributed by atoms with Gasteiger partial charge in [0.05, 0.1) is 26.4 Å². The van der Waals surface area contributed by atoms with Crippen molar-refractivity contribution < 1.29 is 14.5 Å². The van der Waals surface area contributed by atoms with Crippen LogP contribution in [0.5, 0.6) is 5.75 Å². The lowest BCUT2D eigenvalue weighted by Gasteiger charge is -2.10. The fraction of sp³-hybridized carbons (Fsp3) is 0.211. The van der Waals surface area contributed by atoms with E-state index in [9.17, 15) is 14.9 Å². The molecule has 1 aromatic heterocycles. The number of hydrogen-bond donors (Lipinski definition) is 1. The summed E-state index contributed by atoms with van der Waals surface area (Å²) in [5, 5.41) is 23.4. The van der Waals surface area contributed by atoms with Gasteiger partial charge in [-0.25, -0.2) is 0 Å². The Kier molecular flexibility index (Phi) is 8.19. The van der Waals surface area contributed by atoms with Crippen LogP contribution in [0.3, 0.4) is 0 Å². The Morgan fingerprint density at radius 2 is 1.94 bits per heavy atom. The lowest BCUT2D eigenvalue weighted by atomic mass is 10.3. The Morgan fingerprint density at radius 3 is 2.66 bits per heavy atom. The maximum atomic E-state index is 12.3. The van der Waals surface area contributed by atoms with Gasteiger partial charge < -0.3 is 14.6 Å². The number of amides is 1. The van der Waals surface area contributed by atoms with Gasteiger partial charge in [-0.3, -0.25) is 14.9 Å². The number of aromatic nitrogens is 3. The standard InChI is InChI=1S/C19H16Cl3N5O4S/c1-2-26-17(9-31-16-7-11(20)3-5-14(16)22)24-25-19(26)32-10-18(28)23-15-8-12(27(29)30)4-6-13(15)21/h3-8H,2,9-10H2,1H3,(H,23,28). The molecule has 1 heterocycles. The van der Waals surface area contributed by atoms with E-state index in [0.717, 1.165) is 11.8 Å². The summed E-state index contributed by atoms with van der Waals surface area (Å²) in [5.41, 5.74) is -0.0107. The van der Waals surface area contributed by atoms with Crippen LogP contribution in [-0.2, 0) is 17.9 Å². The lowest BCUT2D eigenvalue weighted by molar-refractivity contribution is -0.384. The molecule has 0 unspecified atom stereocenters. The molecule has 0 bridgehead atoms. The van der Waals surface area contributed by atoms with Gasteiger partial charge >= 0.3 is 0 Å². The van der Waals surface area contributed by atoms with Crippen molar-refractivity contribution >= 4 is 63.8 Å². The third kappa shape index (κ3) is 6.04. The van der Waals surface area contributed by atoms with Gasteiger partial charge in [-0.1, -0.05) is 46.6 Å². The van der Waals surface area contributed by atoms with Crippen molar-refractivity contribution in [3.05, 3.63) is 67.4 Å². The van der Waals surface area contributed by atoms with Gasteiger partial charge in [0.15, 0.2) is 11.0 Å². The fourth-order valence-electron chi connectivity index (χ4n) is 2.62. The van der Waals surface area contributed by atoms with Crippen LogP contribution < -0.4 is 10.1 Å². The Balaban J connectivity index is 1.63. The molecule has 0 saturated carbocycles. The number of nitrogens with zero attached hydrogens (tertiary/aromatic N) is 4. The number of nitro benzene ring substituents is 1. The van der Waals surface area contributed by atoms with E-state index in [2.05, 4.69) is 15.5 Å². The van der Waals surface area contributed by atoms with Crippen LogP contribution in [0.4, 0.5) is 11.4 Å². The molecule has 32 heavy (non-hydrogen) atoms. The van der Waals surface area contributed by atoms with Gasteiger partial charge in [0.2, 0.25) is 5.91 Å². The average Bonchev–Trinajstić information content (AvgIpc) is 3.16. The summed E-state index contributed by atoms with van der Waals surface area (Å²) in [7, 11) is 0. The number of ether oxygens (including phenoxy) is 1. The third-order valence-corrected chi connectivity index (χ3v) is 5.97. The highest BCUT2D eigenvalue weighted by molar-refractivity contribution is 7.99. The van der Waals surface area contributed by atoms with Crippen molar-refractivity contribution in [1.29, 1.82) is 0 Å². The van der Waals surface area contributed by atoms with Crippen LogP contribution >= 0.6 is 46.6 Å². The summed E-state index contributed by atoms with van der Waals surface area (Å²) in [6.07, 6.45) is 0. The number of anilines is 1. The number of nitro groups is 1. The van der Waals surface area contributed by atoms with Crippen LogP contribution in [0, 0.1) is 10.1 Å². The molecule has 2 aromatic carbocycles. The number of rotatable bonds is 9. The normalized spacial score (nSPS) is 10.8. The number of carbonyl (C=O) groups is 1. The van der Waals surface area contributed by atoms with Crippen LogP contribution in [0.1, 0.15) is 12.7 Å². The molecule has 0 atom stereocenters. The van der Waals surface area contributed by atoms with E-state index in [1.54, 1.807) is 22.8 Å². The largest absolute Gasteiger partial charge is 0.484 e. The molecule has 9 nitrogen and oxygen atoms in total. The van der Waals surface area contributed by atoms with E-state index in [1.807, 2.05) is 6.92 Å². The van der Waals surface area contributed by atoms with E-state index in [-0.39, 0.29) is 28.8 Å². The second-order valence-electron chi connectivity index (χ2n) is 6.26. The van der Waals surface area contributed by atoms with E-state index in [1.165, 1.54) is 18.2 Å². The van der Waals surface area contributed by atoms with Crippen molar-refractivity contribution in [2.45, 2.75) is 25.2 Å². The Labute approximate surface area is 202 Å². The molecule has 0 aliphatic carbocycles. The number of nitrogens with one attached hydrogen (secondary N) is 1. The van der Waals surface area contributed by atoms with Crippen LogP contribution in [0.2, 0.25) is 15.1 Å². The quantitative estimate of drug-likeness (QED) is 0.228. The van der Waals surface area contributed by atoms with Crippen LogP contribution in [0.25, 0.3) is 0 Å². The minimum absolute atomic E-state index is 0.00185. The van der Waals surface area contributed by atoms with Crippen LogP contribution in [-0.4, -0.2) is 31.3 Å². The van der Waals surface area contributed by atoms with Gasteiger partial charge in [-0.15, -0.1) is 10.2 Å². The zero-order valence-electron chi connectivity index (χ0n) is 16.5. The maximum Gasteiger partial charge on any atom is 0.271 e. The molecule has 0 radical (unpaired) electrons. The number of hydrogen-bond acceptors (Lipinski definition) is 7. The van der Waals surface area contributed by atoms with Crippen molar-refractivity contribution in [1.82, 2.24) is 14.8 Å². The Morgan fingerprint density at radius 1 is 1.19 bits per heavy atom. The van der Waals surface area contributed by atoms with E-state index in [4.69, 9.17) is 39.5 Å². The summed E-state index contributed by atoms with van der Waals surface area (Å²) in [6, 6.07) is 8.72. The van der Waals surface area contributed by atoms with E-state index < -0.39 is 10.8 Å². The molecule has 0 aliphatic heterocycles. The third-order valence-electron chi connectivity index (χ3n) is 4.13. The summed E-state index contributed by atoms with van der Waals surface area (Å²) in [5.74, 6) is 0.574. The topological polar surface area (TPSA) is 112 Å². The molecule has 1 N–H and O–H groups in total. The van der Waals surface area contributed by atoms with E-state index in [0.29, 0.717) is 33.3 Å². The van der Waals surface area contributed by atoms with Gasteiger partial charge in [0.25, 0.3) is 5.69 Å². The highest BCUT2D eigenvalue weighted by Crippen LogP contribution is 2.29. The summed E-state index contributed by atoms with van der Waals surface area (Å²) in [6.45, 7) is 2.57. The first-order chi connectivity index (χ1) is 15.3. The number of benzene rings is 2. The average molecular weight is 517 g/mol. The molecule has 3 aromatic rings. The van der Waals surface area contributed by atoms with Gasteiger partial charge in [0.1, 0.15) is 12.4 Å². The fourth-order valence-corrected chi connectivity index (χ4v) is 3.94. The minimum atomic E-state index is -0.565. The molecule has 13 heteroatoms. The highest BCUT2D eigenvalue weighted by atomic mass is 35.5. The summed E-state index contributed by atoms with van der Waals surface area (Å²) >= 11 is 19.3. The molecular formula is C19H16Cl3N5O4S. The molecule has 0 spiro atoms. The molecule has 0 fully saturated rings. The predicted octanol–water partition coefficient (Wildman–Crippen LogP) is 5.48. The second-order valence-corrected chi connectivity index (χ2v) is 8.46. The van der Waals surface area contributed by atoms with Gasteiger partial charge in [-0.05, 0) is 25.1 Å². The molecule has 168 valence electrons. The Hall–Kier alpha value is -2.53. The Bertz CT molecular complexity index is 1160. The zero-order chi connectivity index (χ0) is 23.3. The summed E-state index contributed by atoms with van der Waals surface area (Å²) in [4.78, 5) is 22.7. The minimum Gasteiger partial charge on any atom is -0.484 e. The van der Waals surface area contributed by atoms with Gasteiger partial charge in [0, 0.05) is 29.8 Å². The maximum absolute atomic E-state index is 12.3. The molecule has 1 amide bonds. The first-order valence-corrected chi connectivity index (χ1v) is 11.3. The number of thioether (sulfide) groups is 1. The second kappa shape index (κ2) is 10.9. The first kappa shape index (κ1) is 24.1. The monoisotopic (exact) mass is 515 g/mol.